The number of nitrogens with two attached hydrogens (primary N) is 1. The molecule has 2 aromatic carbocycles. The van der Waals surface area contributed by atoms with Crippen molar-refractivity contribution in [1.29, 1.82) is 0 Å². The third-order valence-corrected chi connectivity index (χ3v) is 4.48. The van der Waals surface area contributed by atoms with E-state index in [9.17, 15) is 9.18 Å². The van der Waals surface area contributed by atoms with Crippen molar-refractivity contribution in [2.24, 2.45) is 16.6 Å². The molecule has 0 aliphatic heterocycles. The van der Waals surface area contributed by atoms with Gasteiger partial charge in [0.05, 0.1) is 13.0 Å². The molecule has 0 aliphatic rings. The Morgan fingerprint density at radius 3 is 2.48 bits per heavy atom. The number of rotatable bonds is 8. The van der Waals surface area contributed by atoms with Crippen LogP contribution in [0, 0.1) is 11.7 Å². The van der Waals surface area contributed by atoms with Gasteiger partial charge in [-0.2, -0.15) is 0 Å². The highest BCUT2D eigenvalue weighted by Crippen LogP contribution is 2.18. The van der Waals surface area contributed by atoms with Crippen LogP contribution in [-0.4, -0.2) is 44.5 Å². The molecule has 0 saturated heterocycles. The molecule has 0 aliphatic carbocycles. The van der Waals surface area contributed by atoms with Gasteiger partial charge in [0.1, 0.15) is 11.6 Å². The lowest BCUT2D eigenvalue weighted by atomic mass is 9.98. The Labute approximate surface area is 188 Å². The van der Waals surface area contributed by atoms with Crippen LogP contribution in [0.3, 0.4) is 0 Å². The van der Waals surface area contributed by atoms with Gasteiger partial charge in [-0.1, -0.05) is 30.3 Å². The lowest BCUT2D eigenvalue weighted by Gasteiger charge is -2.24. The summed E-state index contributed by atoms with van der Waals surface area (Å²) in [5.74, 6) is 0.268. The number of para-hydroxylation sites is 1. The summed E-state index contributed by atoms with van der Waals surface area (Å²) < 4.78 is 18.5. The van der Waals surface area contributed by atoms with Crippen LogP contribution in [0.4, 0.5) is 4.39 Å². The van der Waals surface area contributed by atoms with Crippen molar-refractivity contribution in [2.45, 2.75) is 13.0 Å². The van der Waals surface area contributed by atoms with E-state index in [0.29, 0.717) is 25.5 Å². The van der Waals surface area contributed by atoms with E-state index in [1.807, 2.05) is 36.2 Å². The molecule has 0 fully saturated rings. The predicted molar refractivity (Wildman–Crippen MR) is 124 cm³/mol. The highest BCUT2D eigenvalue weighted by atomic mass is 127. The van der Waals surface area contributed by atoms with Crippen LogP contribution in [0.1, 0.15) is 11.1 Å². The van der Waals surface area contributed by atoms with Gasteiger partial charge in [0.25, 0.3) is 0 Å². The van der Waals surface area contributed by atoms with E-state index < -0.39 is 11.8 Å². The largest absolute Gasteiger partial charge is 0.496 e. The zero-order valence-corrected chi connectivity index (χ0v) is 19.2. The summed E-state index contributed by atoms with van der Waals surface area (Å²) in [6.45, 7) is 0.915. The first-order valence-corrected chi connectivity index (χ1v) is 9.02. The number of guanidine groups is 1. The molecular weight excluding hydrogens is 486 g/mol. The van der Waals surface area contributed by atoms with Crippen molar-refractivity contribution < 1.29 is 13.9 Å². The van der Waals surface area contributed by atoms with Gasteiger partial charge in [-0.3, -0.25) is 9.79 Å². The second-order valence-electron chi connectivity index (χ2n) is 6.53. The molecule has 1 unspecified atom stereocenters. The van der Waals surface area contributed by atoms with E-state index >= 15 is 0 Å². The quantitative estimate of drug-likeness (QED) is 0.323. The number of nitrogens with zero attached hydrogens (tertiary/aromatic N) is 2. The second kappa shape index (κ2) is 12.3. The minimum atomic E-state index is -0.443. The first kappa shape index (κ1) is 24.7. The van der Waals surface area contributed by atoms with Gasteiger partial charge in [0.2, 0.25) is 5.91 Å². The standard InChI is InChI=1S/C21H27FN4O2.HI/c1-24-21(26(2)14-16-6-4-5-7-19(16)28-3)25-13-17(20(23)27)12-15-8-10-18(22)11-9-15;/h4-11,17H,12-14H2,1-3H3,(H2,23,27)(H,24,25);1H. The van der Waals surface area contributed by atoms with E-state index in [-0.39, 0.29) is 29.8 Å². The average Bonchev–Trinajstić information content (AvgIpc) is 2.69. The molecule has 0 bridgehead atoms. The number of methoxy groups -OCH3 is 1. The highest BCUT2D eigenvalue weighted by Gasteiger charge is 2.18. The van der Waals surface area contributed by atoms with Crippen molar-refractivity contribution in [2.75, 3.05) is 27.7 Å². The summed E-state index contributed by atoms with van der Waals surface area (Å²) in [5.41, 5.74) is 7.43. The lowest BCUT2D eigenvalue weighted by molar-refractivity contribution is -0.121. The van der Waals surface area contributed by atoms with Crippen LogP contribution in [0.15, 0.2) is 53.5 Å². The molecule has 2 aromatic rings. The Morgan fingerprint density at radius 2 is 1.90 bits per heavy atom. The molecule has 1 atom stereocenters. The van der Waals surface area contributed by atoms with Crippen molar-refractivity contribution in [3.8, 4) is 5.75 Å². The van der Waals surface area contributed by atoms with Crippen LogP contribution < -0.4 is 15.8 Å². The molecule has 0 heterocycles. The number of halogens is 2. The number of aliphatic imine (C=N–C) groups is 1. The maximum absolute atomic E-state index is 13.1. The monoisotopic (exact) mass is 514 g/mol. The molecule has 1 amide bonds. The molecular formula is C21H28FIN4O2. The Bertz CT molecular complexity index is 815. The number of benzene rings is 2. The normalized spacial score (nSPS) is 11.9. The van der Waals surface area contributed by atoms with E-state index in [2.05, 4.69) is 10.3 Å². The number of hydrogen-bond donors (Lipinski definition) is 2. The highest BCUT2D eigenvalue weighted by molar-refractivity contribution is 14.0. The molecule has 0 aromatic heterocycles. The summed E-state index contributed by atoms with van der Waals surface area (Å²) in [6.07, 6.45) is 0.426. The number of carbonyl (C=O) groups excluding carboxylic acids is 1. The summed E-state index contributed by atoms with van der Waals surface area (Å²) in [7, 11) is 5.22. The molecule has 158 valence electrons. The molecule has 0 spiro atoms. The number of carbonyl (C=O) groups is 1. The smallest absolute Gasteiger partial charge is 0.222 e. The SMILES string of the molecule is CN=C(NCC(Cc1ccc(F)cc1)C(N)=O)N(C)Cc1ccccc1OC.I. The van der Waals surface area contributed by atoms with Crippen LogP contribution >= 0.6 is 24.0 Å². The van der Waals surface area contributed by atoms with Crippen LogP contribution in [-0.2, 0) is 17.8 Å². The van der Waals surface area contributed by atoms with Crippen molar-refractivity contribution in [3.05, 3.63) is 65.5 Å². The van der Waals surface area contributed by atoms with Crippen molar-refractivity contribution in [1.82, 2.24) is 10.2 Å². The van der Waals surface area contributed by atoms with E-state index in [0.717, 1.165) is 16.9 Å². The fraction of sp³-hybridized carbons (Fsp3) is 0.333. The molecule has 2 rings (SSSR count). The Morgan fingerprint density at radius 1 is 1.24 bits per heavy atom. The summed E-state index contributed by atoms with van der Waals surface area (Å²) in [5, 5.41) is 3.20. The molecule has 29 heavy (non-hydrogen) atoms. The maximum atomic E-state index is 13.1. The summed E-state index contributed by atoms with van der Waals surface area (Å²) in [6, 6.07) is 13.8. The molecule has 6 nitrogen and oxygen atoms in total. The van der Waals surface area contributed by atoms with Crippen molar-refractivity contribution in [3.63, 3.8) is 0 Å². The van der Waals surface area contributed by atoms with E-state index in [1.54, 1.807) is 26.3 Å². The van der Waals surface area contributed by atoms with Crippen LogP contribution in [0.25, 0.3) is 0 Å². The summed E-state index contributed by atoms with van der Waals surface area (Å²) >= 11 is 0. The number of amides is 1. The minimum Gasteiger partial charge on any atom is -0.496 e. The third kappa shape index (κ3) is 7.52. The first-order valence-electron chi connectivity index (χ1n) is 9.02. The Hall–Kier alpha value is -2.36. The lowest BCUT2D eigenvalue weighted by Crippen LogP contribution is -2.43. The fourth-order valence-corrected chi connectivity index (χ4v) is 2.94. The van der Waals surface area contributed by atoms with Gasteiger partial charge in [-0.15, -0.1) is 24.0 Å². The molecule has 0 radical (unpaired) electrons. The topological polar surface area (TPSA) is 79.9 Å². The number of primary amides is 1. The van der Waals surface area contributed by atoms with Gasteiger partial charge in [-0.05, 0) is 30.2 Å². The van der Waals surface area contributed by atoms with Gasteiger partial charge in [-0.25, -0.2) is 4.39 Å². The van der Waals surface area contributed by atoms with Gasteiger partial charge in [0.15, 0.2) is 5.96 Å². The van der Waals surface area contributed by atoms with E-state index in [1.165, 1.54) is 12.1 Å². The number of hydrogen-bond acceptors (Lipinski definition) is 3. The van der Waals surface area contributed by atoms with Gasteiger partial charge in [0, 0.05) is 32.7 Å². The zero-order valence-electron chi connectivity index (χ0n) is 16.9. The second-order valence-corrected chi connectivity index (χ2v) is 6.53. The van der Waals surface area contributed by atoms with Gasteiger partial charge >= 0.3 is 0 Å². The van der Waals surface area contributed by atoms with E-state index in [4.69, 9.17) is 10.5 Å². The number of nitrogens with one attached hydrogen (secondary N) is 1. The maximum Gasteiger partial charge on any atom is 0.222 e. The number of ether oxygens (including phenoxy) is 1. The van der Waals surface area contributed by atoms with Crippen molar-refractivity contribution >= 4 is 35.8 Å². The molecule has 8 heteroatoms. The summed E-state index contributed by atoms with van der Waals surface area (Å²) in [4.78, 5) is 18.1. The predicted octanol–water partition coefficient (Wildman–Crippen LogP) is 2.80. The van der Waals surface area contributed by atoms with Gasteiger partial charge < -0.3 is 20.7 Å². The van der Waals surface area contributed by atoms with Crippen LogP contribution in [0.5, 0.6) is 5.75 Å². The Balaban J connectivity index is 0.00000420. The third-order valence-electron chi connectivity index (χ3n) is 4.48. The fourth-order valence-electron chi connectivity index (χ4n) is 2.94. The molecule has 0 saturated carbocycles. The first-order chi connectivity index (χ1) is 13.4. The average molecular weight is 514 g/mol. The minimum absolute atomic E-state index is 0. The zero-order chi connectivity index (χ0) is 20.5. The van der Waals surface area contributed by atoms with Crippen LogP contribution in [0.2, 0.25) is 0 Å². The Kier molecular flexibility index (Phi) is 10.4. The molecule has 3 N–H and O–H groups in total.